The van der Waals surface area contributed by atoms with Crippen LogP contribution in [0.4, 0.5) is 10.1 Å². The summed E-state index contributed by atoms with van der Waals surface area (Å²) < 4.78 is 13.3. The normalized spacial score (nSPS) is 12.2. The summed E-state index contributed by atoms with van der Waals surface area (Å²) in [4.78, 5) is 0. The third kappa shape index (κ3) is 3.35. The lowest BCUT2D eigenvalue weighted by molar-refractivity contribution is 0.476. The molecule has 0 aliphatic carbocycles. The highest BCUT2D eigenvalue weighted by atomic mass is 35.5. The smallest absolute Gasteiger partial charge is 0.152 e. The van der Waals surface area contributed by atoms with Crippen LogP contribution in [0.1, 0.15) is 24.9 Å². The van der Waals surface area contributed by atoms with Crippen LogP contribution in [-0.2, 0) is 0 Å². The average molecular weight is 314 g/mol. The standard InChI is InChI=1S/C15H14Cl2FNO/c1-2-14(9-4-3-5-10(18)6-9)19-11-7-12(16)15(20)13(17)8-11/h3-8,14,19-20H,2H2,1H3. The summed E-state index contributed by atoms with van der Waals surface area (Å²) in [7, 11) is 0. The second-order valence-electron chi connectivity index (χ2n) is 4.45. The molecule has 0 fully saturated rings. The molecule has 0 heterocycles. The Labute approximate surface area is 127 Å². The predicted octanol–water partition coefficient (Wildman–Crippen LogP) is 5.40. The minimum Gasteiger partial charge on any atom is -0.505 e. The van der Waals surface area contributed by atoms with E-state index in [0.717, 1.165) is 12.0 Å². The van der Waals surface area contributed by atoms with Gasteiger partial charge in [0.1, 0.15) is 5.82 Å². The maximum absolute atomic E-state index is 13.3. The van der Waals surface area contributed by atoms with Crippen LogP contribution in [0.3, 0.4) is 0 Å². The zero-order valence-corrected chi connectivity index (χ0v) is 12.3. The van der Waals surface area contributed by atoms with Crippen LogP contribution in [0.2, 0.25) is 10.0 Å². The van der Waals surface area contributed by atoms with E-state index in [1.54, 1.807) is 18.2 Å². The molecule has 2 rings (SSSR count). The molecule has 0 aliphatic rings. The van der Waals surface area contributed by atoms with Gasteiger partial charge in [0, 0.05) is 5.69 Å². The fourth-order valence-corrected chi connectivity index (χ4v) is 2.48. The lowest BCUT2D eigenvalue weighted by Gasteiger charge is -2.19. The third-order valence-electron chi connectivity index (χ3n) is 3.02. The summed E-state index contributed by atoms with van der Waals surface area (Å²) in [6.07, 6.45) is 0.763. The lowest BCUT2D eigenvalue weighted by Crippen LogP contribution is -2.09. The van der Waals surface area contributed by atoms with Crippen LogP contribution < -0.4 is 5.32 Å². The first-order valence-corrected chi connectivity index (χ1v) is 6.97. The van der Waals surface area contributed by atoms with Crippen molar-refractivity contribution in [2.75, 3.05) is 5.32 Å². The summed E-state index contributed by atoms with van der Waals surface area (Å²) in [5.74, 6) is -0.415. The largest absolute Gasteiger partial charge is 0.505 e. The zero-order valence-electron chi connectivity index (χ0n) is 10.8. The van der Waals surface area contributed by atoms with Crippen molar-refractivity contribution in [2.24, 2.45) is 0 Å². The van der Waals surface area contributed by atoms with Gasteiger partial charge in [-0.15, -0.1) is 0 Å². The van der Waals surface area contributed by atoms with Crippen LogP contribution in [0, 0.1) is 5.82 Å². The number of hydrogen-bond donors (Lipinski definition) is 2. The summed E-state index contributed by atoms with van der Waals surface area (Å²) in [6, 6.07) is 9.53. The maximum atomic E-state index is 13.3. The monoisotopic (exact) mass is 313 g/mol. The molecule has 0 saturated heterocycles. The van der Waals surface area contributed by atoms with Crippen LogP contribution in [0.25, 0.3) is 0 Å². The molecule has 1 atom stereocenters. The molecule has 1 unspecified atom stereocenters. The Morgan fingerprint density at radius 2 is 1.85 bits per heavy atom. The van der Waals surface area contributed by atoms with E-state index in [1.807, 2.05) is 13.0 Å². The molecule has 0 aliphatic heterocycles. The number of phenols is 1. The molecule has 5 heteroatoms. The van der Waals surface area contributed by atoms with E-state index in [2.05, 4.69) is 5.32 Å². The molecule has 0 bridgehead atoms. The van der Waals surface area contributed by atoms with E-state index >= 15 is 0 Å². The van der Waals surface area contributed by atoms with E-state index in [9.17, 15) is 9.50 Å². The molecule has 0 amide bonds. The Morgan fingerprint density at radius 1 is 1.20 bits per heavy atom. The molecule has 2 nitrogen and oxygen atoms in total. The average Bonchev–Trinajstić information content (AvgIpc) is 2.42. The first-order chi connectivity index (χ1) is 9.51. The van der Waals surface area contributed by atoms with Gasteiger partial charge >= 0.3 is 0 Å². The molecule has 0 radical (unpaired) electrons. The first-order valence-electron chi connectivity index (χ1n) is 6.21. The number of aromatic hydroxyl groups is 1. The molecule has 0 saturated carbocycles. The van der Waals surface area contributed by atoms with E-state index in [-0.39, 0.29) is 27.7 Å². The van der Waals surface area contributed by atoms with E-state index in [0.29, 0.717) is 5.69 Å². The second kappa shape index (κ2) is 6.33. The zero-order chi connectivity index (χ0) is 14.7. The van der Waals surface area contributed by atoms with Crippen molar-refractivity contribution in [2.45, 2.75) is 19.4 Å². The van der Waals surface area contributed by atoms with Crippen LogP contribution in [-0.4, -0.2) is 5.11 Å². The molecular formula is C15H14Cl2FNO. The van der Waals surface area contributed by atoms with Gasteiger partial charge in [-0.3, -0.25) is 0 Å². The fraction of sp³-hybridized carbons (Fsp3) is 0.200. The predicted molar refractivity (Wildman–Crippen MR) is 81.2 cm³/mol. The van der Waals surface area contributed by atoms with Crippen molar-refractivity contribution >= 4 is 28.9 Å². The van der Waals surface area contributed by atoms with Crippen molar-refractivity contribution < 1.29 is 9.50 Å². The minimum absolute atomic E-state index is 0.0672. The minimum atomic E-state index is -0.274. The number of nitrogens with one attached hydrogen (secondary N) is 1. The van der Waals surface area contributed by atoms with Crippen LogP contribution in [0.15, 0.2) is 36.4 Å². The van der Waals surface area contributed by atoms with Gasteiger partial charge in [0.2, 0.25) is 0 Å². The molecule has 0 spiro atoms. The highest BCUT2D eigenvalue weighted by molar-refractivity contribution is 6.37. The van der Waals surface area contributed by atoms with E-state index < -0.39 is 0 Å². The van der Waals surface area contributed by atoms with Gasteiger partial charge in [-0.2, -0.15) is 0 Å². The Kier molecular flexibility index (Phi) is 4.73. The van der Waals surface area contributed by atoms with Crippen LogP contribution in [0.5, 0.6) is 5.75 Å². The Hall–Kier alpha value is -1.45. The Balaban J connectivity index is 2.27. The number of benzene rings is 2. The second-order valence-corrected chi connectivity index (χ2v) is 5.26. The molecule has 2 aromatic carbocycles. The molecular weight excluding hydrogens is 300 g/mol. The van der Waals surface area contributed by atoms with Crippen molar-refractivity contribution in [3.05, 3.63) is 57.8 Å². The lowest BCUT2D eigenvalue weighted by atomic mass is 10.0. The Morgan fingerprint density at radius 3 is 2.40 bits per heavy atom. The topological polar surface area (TPSA) is 32.3 Å². The number of phenolic OH excluding ortho intramolecular Hbond substituents is 1. The highest BCUT2D eigenvalue weighted by Crippen LogP contribution is 2.36. The third-order valence-corrected chi connectivity index (χ3v) is 3.59. The van der Waals surface area contributed by atoms with Crippen molar-refractivity contribution in [1.29, 1.82) is 0 Å². The Bertz CT molecular complexity index is 596. The van der Waals surface area contributed by atoms with E-state index in [4.69, 9.17) is 23.2 Å². The van der Waals surface area contributed by atoms with Gasteiger partial charge < -0.3 is 10.4 Å². The van der Waals surface area contributed by atoms with Gasteiger partial charge in [0.25, 0.3) is 0 Å². The number of hydrogen-bond acceptors (Lipinski definition) is 2. The summed E-state index contributed by atoms with van der Waals surface area (Å²) in [5.41, 5.74) is 1.52. The number of anilines is 1. The van der Waals surface area contributed by atoms with Crippen molar-refractivity contribution in [3.63, 3.8) is 0 Å². The van der Waals surface area contributed by atoms with Gasteiger partial charge in [0.05, 0.1) is 16.1 Å². The molecule has 0 aromatic heterocycles. The van der Waals surface area contributed by atoms with Crippen LogP contribution >= 0.6 is 23.2 Å². The quantitative estimate of drug-likeness (QED) is 0.740. The number of halogens is 3. The van der Waals surface area contributed by atoms with E-state index in [1.165, 1.54) is 12.1 Å². The molecule has 20 heavy (non-hydrogen) atoms. The fourth-order valence-electron chi connectivity index (χ4n) is 1.99. The summed E-state index contributed by atoms with van der Waals surface area (Å²) in [5, 5.41) is 13.1. The molecule has 2 aromatic rings. The maximum Gasteiger partial charge on any atom is 0.152 e. The van der Waals surface area contributed by atoms with Crippen molar-refractivity contribution in [3.8, 4) is 5.75 Å². The summed E-state index contributed by atoms with van der Waals surface area (Å²) >= 11 is 11.8. The highest BCUT2D eigenvalue weighted by Gasteiger charge is 2.12. The molecule has 106 valence electrons. The van der Waals surface area contributed by atoms with Gasteiger partial charge in [0.15, 0.2) is 5.75 Å². The first kappa shape index (κ1) is 14.9. The molecule has 2 N–H and O–H groups in total. The number of rotatable bonds is 4. The SMILES string of the molecule is CCC(Nc1cc(Cl)c(O)c(Cl)c1)c1cccc(F)c1. The van der Waals surface area contributed by atoms with Gasteiger partial charge in [-0.1, -0.05) is 42.3 Å². The van der Waals surface area contributed by atoms with Crippen molar-refractivity contribution in [1.82, 2.24) is 0 Å². The van der Waals surface area contributed by atoms with Gasteiger partial charge in [-0.05, 0) is 36.2 Å². The van der Waals surface area contributed by atoms with Gasteiger partial charge in [-0.25, -0.2) is 4.39 Å². The summed E-state index contributed by atoms with van der Waals surface area (Å²) in [6.45, 7) is 1.99.